The molecule has 0 spiro atoms. The average molecular weight is 290 g/mol. The molecule has 2 heterocycles. The first-order valence-corrected chi connectivity index (χ1v) is 7.61. The van der Waals surface area contributed by atoms with Crippen molar-refractivity contribution in [3.05, 3.63) is 47.4 Å². The van der Waals surface area contributed by atoms with Crippen molar-refractivity contribution in [1.82, 2.24) is 9.97 Å². The predicted octanol–water partition coefficient (Wildman–Crippen LogP) is 3.87. The van der Waals surface area contributed by atoms with Crippen LogP contribution in [-0.4, -0.2) is 15.1 Å². The van der Waals surface area contributed by atoms with Gasteiger partial charge in [-0.15, -0.1) is 0 Å². The SMILES string of the molecule is CC.CCCc1ncc(Cc2cccc(C(C)(C)O)n2)o1. The van der Waals surface area contributed by atoms with Crippen LogP contribution in [0.4, 0.5) is 0 Å². The van der Waals surface area contributed by atoms with E-state index in [0.717, 1.165) is 30.2 Å². The van der Waals surface area contributed by atoms with Crippen LogP contribution in [-0.2, 0) is 18.4 Å². The van der Waals surface area contributed by atoms with E-state index in [1.165, 1.54) is 0 Å². The number of rotatable bonds is 5. The Balaban J connectivity index is 0.00000106. The van der Waals surface area contributed by atoms with Crippen molar-refractivity contribution in [2.24, 2.45) is 0 Å². The summed E-state index contributed by atoms with van der Waals surface area (Å²) in [5.74, 6) is 1.58. The van der Waals surface area contributed by atoms with Gasteiger partial charge < -0.3 is 9.52 Å². The second-order valence-electron chi connectivity index (χ2n) is 5.22. The summed E-state index contributed by atoms with van der Waals surface area (Å²) in [5, 5.41) is 9.96. The maximum Gasteiger partial charge on any atom is 0.194 e. The second kappa shape index (κ2) is 7.93. The fourth-order valence-corrected chi connectivity index (χ4v) is 1.86. The standard InChI is InChI=1S/C15H20N2O2.C2H6/c1-4-6-14-16-10-12(19-14)9-11-7-5-8-13(17-11)15(2,3)18;1-2/h5,7-8,10,18H,4,6,9H2,1-3H3;1-2H3. The maximum absolute atomic E-state index is 9.96. The number of hydrogen-bond acceptors (Lipinski definition) is 4. The van der Waals surface area contributed by atoms with Crippen LogP contribution >= 0.6 is 0 Å². The van der Waals surface area contributed by atoms with Gasteiger partial charge in [0.1, 0.15) is 11.4 Å². The summed E-state index contributed by atoms with van der Waals surface area (Å²) in [6.45, 7) is 9.55. The quantitative estimate of drug-likeness (QED) is 0.908. The first-order valence-electron chi connectivity index (χ1n) is 7.61. The van der Waals surface area contributed by atoms with Gasteiger partial charge >= 0.3 is 0 Å². The van der Waals surface area contributed by atoms with Crippen molar-refractivity contribution < 1.29 is 9.52 Å². The number of hydrogen-bond donors (Lipinski definition) is 1. The molecule has 0 atom stereocenters. The van der Waals surface area contributed by atoms with Crippen LogP contribution in [0.1, 0.15) is 64.1 Å². The summed E-state index contributed by atoms with van der Waals surface area (Å²) in [7, 11) is 0. The molecule has 0 saturated heterocycles. The van der Waals surface area contributed by atoms with Crippen molar-refractivity contribution in [2.75, 3.05) is 0 Å². The van der Waals surface area contributed by atoms with Crippen molar-refractivity contribution >= 4 is 0 Å². The monoisotopic (exact) mass is 290 g/mol. The number of aryl methyl sites for hydroxylation is 1. The van der Waals surface area contributed by atoms with Crippen LogP contribution < -0.4 is 0 Å². The highest BCUT2D eigenvalue weighted by Gasteiger charge is 2.18. The minimum Gasteiger partial charge on any atom is -0.445 e. The topological polar surface area (TPSA) is 59.2 Å². The molecule has 0 aliphatic heterocycles. The van der Waals surface area contributed by atoms with Gasteiger partial charge in [-0.25, -0.2) is 4.98 Å². The van der Waals surface area contributed by atoms with Gasteiger partial charge in [-0.1, -0.05) is 26.8 Å². The molecule has 2 aromatic rings. The summed E-state index contributed by atoms with van der Waals surface area (Å²) in [6, 6.07) is 5.66. The Kier molecular flexibility index (Phi) is 6.56. The molecule has 0 unspecified atom stereocenters. The van der Waals surface area contributed by atoms with Crippen molar-refractivity contribution in [3.63, 3.8) is 0 Å². The lowest BCUT2D eigenvalue weighted by Crippen LogP contribution is -2.18. The molecule has 0 amide bonds. The fourth-order valence-electron chi connectivity index (χ4n) is 1.86. The molecule has 2 aromatic heterocycles. The van der Waals surface area contributed by atoms with Gasteiger partial charge in [0.05, 0.1) is 11.9 Å². The summed E-state index contributed by atoms with van der Waals surface area (Å²) >= 11 is 0. The number of oxazole rings is 1. The molecular formula is C17H26N2O2. The summed E-state index contributed by atoms with van der Waals surface area (Å²) in [5.41, 5.74) is 0.613. The van der Waals surface area contributed by atoms with Crippen LogP contribution in [0.2, 0.25) is 0 Å². The Morgan fingerprint density at radius 3 is 2.57 bits per heavy atom. The van der Waals surface area contributed by atoms with Gasteiger partial charge in [0, 0.05) is 18.5 Å². The highest BCUT2D eigenvalue weighted by molar-refractivity contribution is 5.18. The highest BCUT2D eigenvalue weighted by Crippen LogP contribution is 2.18. The van der Waals surface area contributed by atoms with Crippen LogP contribution in [0.25, 0.3) is 0 Å². The Morgan fingerprint density at radius 1 is 1.24 bits per heavy atom. The largest absolute Gasteiger partial charge is 0.445 e. The van der Waals surface area contributed by atoms with E-state index in [1.54, 1.807) is 20.0 Å². The molecular weight excluding hydrogens is 264 g/mol. The molecule has 4 nitrogen and oxygen atoms in total. The van der Waals surface area contributed by atoms with Gasteiger partial charge in [-0.3, -0.25) is 4.98 Å². The molecule has 0 aliphatic rings. The Bertz CT molecular complexity index is 542. The molecule has 0 aromatic carbocycles. The molecule has 0 bridgehead atoms. The van der Waals surface area contributed by atoms with Crippen LogP contribution in [0.15, 0.2) is 28.8 Å². The van der Waals surface area contributed by atoms with Gasteiger partial charge in [0.25, 0.3) is 0 Å². The zero-order valence-corrected chi connectivity index (χ0v) is 13.7. The first-order chi connectivity index (χ1) is 9.99. The minimum atomic E-state index is -0.926. The summed E-state index contributed by atoms with van der Waals surface area (Å²) < 4.78 is 5.64. The molecule has 116 valence electrons. The zero-order valence-electron chi connectivity index (χ0n) is 13.7. The van der Waals surface area contributed by atoms with E-state index in [9.17, 15) is 5.11 Å². The van der Waals surface area contributed by atoms with Crippen LogP contribution in [0.5, 0.6) is 0 Å². The highest BCUT2D eigenvalue weighted by atomic mass is 16.4. The maximum atomic E-state index is 9.96. The van der Waals surface area contributed by atoms with Crippen LogP contribution in [0, 0.1) is 0 Å². The van der Waals surface area contributed by atoms with Crippen LogP contribution in [0.3, 0.4) is 0 Å². The van der Waals surface area contributed by atoms with Crippen molar-refractivity contribution in [3.8, 4) is 0 Å². The molecule has 0 fully saturated rings. The van der Waals surface area contributed by atoms with Gasteiger partial charge in [0.2, 0.25) is 0 Å². The summed E-state index contributed by atoms with van der Waals surface area (Å²) in [4.78, 5) is 8.69. The summed E-state index contributed by atoms with van der Waals surface area (Å²) in [6.07, 6.45) is 4.23. The fraction of sp³-hybridized carbons (Fsp3) is 0.529. The lowest BCUT2D eigenvalue weighted by Gasteiger charge is -2.16. The normalized spacial score (nSPS) is 11.0. The Hall–Kier alpha value is -1.68. The molecule has 1 N–H and O–H groups in total. The van der Waals surface area contributed by atoms with E-state index in [-0.39, 0.29) is 0 Å². The smallest absolute Gasteiger partial charge is 0.194 e. The third-order valence-electron chi connectivity index (χ3n) is 2.85. The second-order valence-corrected chi connectivity index (χ2v) is 5.22. The lowest BCUT2D eigenvalue weighted by atomic mass is 10.0. The minimum absolute atomic E-state index is 0.598. The third kappa shape index (κ3) is 5.31. The van der Waals surface area contributed by atoms with E-state index in [2.05, 4.69) is 16.9 Å². The van der Waals surface area contributed by atoms with E-state index in [1.807, 2.05) is 32.0 Å². The number of nitrogens with zero attached hydrogens (tertiary/aromatic N) is 2. The van der Waals surface area contributed by atoms with E-state index in [0.29, 0.717) is 12.1 Å². The lowest BCUT2D eigenvalue weighted by molar-refractivity contribution is 0.0736. The first kappa shape index (κ1) is 17.4. The van der Waals surface area contributed by atoms with E-state index in [4.69, 9.17) is 4.42 Å². The number of pyridine rings is 1. The third-order valence-corrected chi connectivity index (χ3v) is 2.85. The molecule has 0 saturated carbocycles. The molecule has 4 heteroatoms. The van der Waals surface area contributed by atoms with Crippen molar-refractivity contribution in [2.45, 2.75) is 59.5 Å². The Morgan fingerprint density at radius 2 is 1.95 bits per heavy atom. The number of aliphatic hydroxyl groups is 1. The van der Waals surface area contributed by atoms with Crippen molar-refractivity contribution in [1.29, 1.82) is 0 Å². The van der Waals surface area contributed by atoms with Gasteiger partial charge in [-0.05, 0) is 32.4 Å². The molecule has 2 rings (SSSR count). The average Bonchev–Trinajstić information content (AvgIpc) is 2.88. The molecule has 0 aliphatic carbocycles. The van der Waals surface area contributed by atoms with Gasteiger partial charge in [-0.2, -0.15) is 0 Å². The van der Waals surface area contributed by atoms with E-state index < -0.39 is 5.60 Å². The Labute approximate surface area is 127 Å². The molecule has 21 heavy (non-hydrogen) atoms. The van der Waals surface area contributed by atoms with Gasteiger partial charge in [0.15, 0.2) is 5.89 Å². The predicted molar refractivity (Wildman–Crippen MR) is 84.1 cm³/mol. The number of aromatic nitrogens is 2. The zero-order chi connectivity index (χ0) is 15.9. The molecule has 0 radical (unpaired) electrons. The van der Waals surface area contributed by atoms with E-state index >= 15 is 0 Å².